The molecule has 10 heteroatoms. The Morgan fingerprint density at radius 2 is 1.86 bits per heavy atom. The van der Waals surface area contributed by atoms with Gasteiger partial charge in [0.05, 0.1) is 24.0 Å². The maximum Gasteiger partial charge on any atom is 0.234 e. The molecule has 0 unspecified atom stereocenters. The van der Waals surface area contributed by atoms with Gasteiger partial charge >= 0.3 is 0 Å². The first-order valence-corrected chi connectivity index (χ1v) is 12.4. The Bertz CT molecular complexity index is 1210. The molecule has 0 spiro atoms. The molecule has 1 N–H and O–H groups in total. The standard InChI is InChI=1S/C25H29N5O4S/c1-5-20(29(3)4)24-27-28-25(30(24)13-17-9-7-6-8-10-17)35-14-23(32)26-19-12-22-21(33-15-34-22)11-18(19)16(2)31/h6-12,20H,5,13-15H2,1-4H3,(H,26,32)/t20-/m0/s1. The molecule has 184 valence electrons. The predicted octanol–water partition coefficient (Wildman–Crippen LogP) is 4.00. The fraction of sp³-hybridized carbons (Fsp3) is 0.360. The van der Waals surface area contributed by atoms with Crippen molar-refractivity contribution in [3.63, 3.8) is 0 Å². The van der Waals surface area contributed by atoms with Gasteiger partial charge in [0.15, 0.2) is 28.3 Å². The minimum absolute atomic E-state index is 0.0883. The van der Waals surface area contributed by atoms with Crippen molar-refractivity contribution in [2.24, 2.45) is 0 Å². The third-order valence-electron chi connectivity index (χ3n) is 5.74. The molecule has 0 saturated carbocycles. The fourth-order valence-electron chi connectivity index (χ4n) is 4.00. The van der Waals surface area contributed by atoms with E-state index in [1.54, 1.807) is 12.1 Å². The van der Waals surface area contributed by atoms with Crippen LogP contribution in [0.3, 0.4) is 0 Å². The van der Waals surface area contributed by atoms with Crippen molar-refractivity contribution in [1.29, 1.82) is 0 Å². The molecule has 1 aromatic heterocycles. The number of amides is 1. The Hall–Kier alpha value is -3.37. The van der Waals surface area contributed by atoms with Gasteiger partial charge in [-0.3, -0.25) is 14.5 Å². The molecule has 35 heavy (non-hydrogen) atoms. The van der Waals surface area contributed by atoms with E-state index in [0.717, 1.165) is 17.8 Å². The van der Waals surface area contributed by atoms with Gasteiger partial charge in [0.2, 0.25) is 12.7 Å². The molecule has 4 rings (SSSR count). The number of benzene rings is 2. The van der Waals surface area contributed by atoms with E-state index in [2.05, 4.69) is 44.0 Å². The van der Waals surface area contributed by atoms with Crippen molar-refractivity contribution in [2.45, 2.75) is 38.0 Å². The number of ether oxygens (including phenoxy) is 2. The van der Waals surface area contributed by atoms with E-state index in [9.17, 15) is 9.59 Å². The number of hydrogen-bond donors (Lipinski definition) is 1. The normalized spacial score (nSPS) is 13.2. The van der Waals surface area contributed by atoms with Crippen molar-refractivity contribution in [3.05, 3.63) is 59.4 Å². The zero-order chi connectivity index (χ0) is 24.9. The Kier molecular flexibility index (Phi) is 7.72. The topological polar surface area (TPSA) is 98.6 Å². The Morgan fingerprint density at radius 1 is 1.14 bits per heavy atom. The molecule has 2 heterocycles. The molecule has 1 aliphatic heterocycles. The lowest BCUT2D eigenvalue weighted by Crippen LogP contribution is -2.23. The zero-order valence-electron chi connectivity index (χ0n) is 20.3. The highest BCUT2D eigenvalue weighted by molar-refractivity contribution is 7.99. The molecule has 0 saturated heterocycles. The zero-order valence-corrected chi connectivity index (χ0v) is 21.1. The summed E-state index contributed by atoms with van der Waals surface area (Å²) in [6.45, 7) is 4.26. The number of rotatable bonds is 10. The number of nitrogens with one attached hydrogen (secondary N) is 1. The van der Waals surface area contributed by atoms with Gasteiger partial charge in [0.25, 0.3) is 0 Å². The highest BCUT2D eigenvalue weighted by Crippen LogP contribution is 2.37. The van der Waals surface area contributed by atoms with Crippen LogP contribution in [-0.4, -0.2) is 58.0 Å². The summed E-state index contributed by atoms with van der Waals surface area (Å²) in [6.07, 6.45) is 0.878. The van der Waals surface area contributed by atoms with Crippen LogP contribution < -0.4 is 14.8 Å². The van der Waals surface area contributed by atoms with E-state index < -0.39 is 0 Å². The number of Topliss-reactive ketones (excluding diaryl/α,β-unsaturated/α-hetero) is 1. The highest BCUT2D eigenvalue weighted by Gasteiger charge is 2.24. The van der Waals surface area contributed by atoms with Crippen LogP contribution in [0, 0.1) is 0 Å². The Balaban J connectivity index is 1.53. The van der Waals surface area contributed by atoms with Gasteiger partial charge in [-0.25, -0.2) is 0 Å². The summed E-state index contributed by atoms with van der Waals surface area (Å²) in [5.74, 6) is 1.53. The molecule has 3 aromatic rings. The van der Waals surface area contributed by atoms with Crippen molar-refractivity contribution in [1.82, 2.24) is 19.7 Å². The summed E-state index contributed by atoms with van der Waals surface area (Å²) in [6, 6.07) is 13.4. The average molecular weight is 496 g/mol. The lowest BCUT2D eigenvalue weighted by atomic mass is 10.1. The van der Waals surface area contributed by atoms with Crippen LogP contribution in [0.4, 0.5) is 5.69 Å². The molecule has 1 atom stereocenters. The van der Waals surface area contributed by atoms with Crippen LogP contribution in [0.1, 0.15) is 48.1 Å². The molecule has 0 bridgehead atoms. The van der Waals surface area contributed by atoms with E-state index in [1.165, 1.54) is 18.7 Å². The van der Waals surface area contributed by atoms with Crippen LogP contribution in [0.25, 0.3) is 0 Å². The van der Waals surface area contributed by atoms with Gasteiger partial charge in [-0.2, -0.15) is 0 Å². The van der Waals surface area contributed by atoms with Crippen LogP contribution in [0.2, 0.25) is 0 Å². The van der Waals surface area contributed by atoms with Crippen molar-refractivity contribution >= 4 is 29.1 Å². The first kappa shape index (κ1) is 24.7. The molecular weight excluding hydrogens is 466 g/mol. The molecule has 1 amide bonds. The van der Waals surface area contributed by atoms with E-state index in [-0.39, 0.29) is 30.3 Å². The Labute approximate surface area is 208 Å². The number of thioether (sulfide) groups is 1. The number of fused-ring (bicyclic) bond motifs is 1. The number of nitrogens with zero attached hydrogens (tertiary/aromatic N) is 4. The molecule has 0 fully saturated rings. The van der Waals surface area contributed by atoms with Crippen LogP contribution >= 0.6 is 11.8 Å². The first-order chi connectivity index (χ1) is 16.9. The summed E-state index contributed by atoms with van der Waals surface area (Å²) < 4.78 is 12.8. The lowest BCUT2D eigenvalue weighted by molar-refractivity contribution is -0.113. The fourth-order valence-corrected chi connectivity index (χ4v) is 4.74. The largest absolute Gasteiger partial charge is 0.454 e. The molecule has 2 aromatic carbocycles. The number of anilines is 1. The lowest BCUT2D eigenvalue weighted by Gasteiger charge is -2.23. The van der Waals surface area contributed by atoms with Crippen molar-refractivity contribution < 1.29 is 19.1 Å². The van der Waals surface area contributed by atoms with Gasteiger partial charge in [0.1, 0.15) is 0 Å². The van der Waals surface area contributed by atoms with E-state index in [0.29, 0.717) is 34.5 Å². The number of ketones is 1. The molecular formula is C25H29N5O4S. The van der Waals surface area contributed by atoms with Gasteiger partial charge in [-0.1, -0.05) is 49.0 Å². The highest BCUT2D eigenvalue weighted by atomic mass is 32.2. The van der Waals surface area contributed by atoms with Crippen LogP contribution in [0.15, 0.2) is 47.6 Å². The number of aromatic nitrogens is 3. The quantitative estimate of drug-likeness (QED) is 0.333. The second-order valence-electron chi connectivity index (χ2n) is 8.44. The maximum atomic E-state index is 12.9. The van der Waals surface area contributed by atoms with Gasteiger partial charge < -0.3 is 19.4 Å². The molecule has 1 aliphatic rings. The van der Waals surface area contributed by atoms with Crippen LogP contribution in [0.5, 0.6) is 11.5 Å². The number of hydrogen-bond acceptors (Lipinski definition) is 8. The van der Waals surface area contributed by atoms with Crippen molar-refractivity contribution in [2.75, 3.05) is 32.0 Å². The second kappa shape index (κ2) is 10.9. The number of carbonyl (C=O) groups excluding carboxylic acids is 2. The van der Waals surface area contributed by atoms with Gasteiger partial charge in [0, 0.05) is 11.6 Å². The first-order valence-electron chi connectivity index (χ1n) is 11.4. The Morgan fingerprint density at radius 3 is 2.51 bits per heavy atom. The van der Waals surface area contributed by atoms with Crippen LogP contribution in [-0.2, 0) is 11.3 Å². The summed E-state index contributed by atoms with van der Waals surface area (Å²) >= 11 is 1.31. The summed E-state index contributed by atoms with van der Waals surface area (Å²) in [5.41, 5.74) is 1.90. The average Bonchev–Trinajstić information content (AvgIpc) is 3.45. The van der Waals surface area contributed by atoms with Gasteiger partial charge in [-0.15, -0.1) is 10.2 Å². The minimum Gasteiger partial charge on any atom is -0.454 e. The van der Waals surface area contributed by atoms with E-state index >= 15 is 0 Å². The third kappa shape index (κ3) is 5.66. The van der Waals surface area contributed by atoms with E-state index in [1.807, 2.05) is 32.3 Å². The van der Waals surface area contributed by atoms with E-state index in [4.69, 9.17) is 9.47 Å². The van der Waals surface area contributed by atoms with Gasteiger partial charge in [-0.05, 0) is 39.1 Å². The molecule has 9 nitrogen and oxygen atoms in total. The molecule has 0 aliphatic carbocycles. The third-order valence-corrected chi connectivity index (χ3v) is 6.70. The predicted molar refractivity (Wildman–Crippen MR) is 134 cm³/mol. The smallest absolute Gasteiger partial charge is 0.234 e. The summed E-state index contributed by atoms with van der Waals surface area (Å²) in [4.78, 5) is 27.1. The summed E-state index contributed by atoms with van der Waals surface area (Å²) in [7, 11) is 4.04. The second-order valence-corrected chi connectivity index (χ2v) is 9.39. The number of carbonyl (C=O) groups is 2. The minimum atomic E-state index is -0.258. The van der Waals surface area contributed by atoms with Crippen molar-refractivity contribution in [3.8, 4) is 11.5 Å². The SMILES string of the molecule is CC[C@@H](c1nnc(SCC(=O)Nc2cc3c(cc2C(C)=O)OCO3)n1Cc1ccccc1)N(C)C. The molecule has 0 radical (unpaired) electrons. The monoisotopic (exact) mass is 495 g/mol. The maximum absolute atomic E-state index is 12.9. The summed E-state index contributed by atoms with van der Waals surface area (Å²) in [5, 5.41) is 12.4.